The lowest BCUT2D eigenvalue weighted by Gasteiger charge is -1.98. The summed E-state index contributed by atoms with van der Waals surface area (Å²) in [7, 11) is 0. The summed E-state index contributed by atoms with van der Waals surface area (Å²) in [6, 6.07) is 15.1. The van der Waals surface area contributed by atoms with Crippen LogP contribution in [-0.4, -0.2) is 17.1 Å². The van der Waals surface area contributed by atoms with Gasteiger partial charge in [0.05, 0.1) is 6.21 Å². The van der Waals surface area contributed by atoms with Gasteiger partial charge >= 0.3 is 0 Å². The molecule has 1 aromatic carbocycles. The second-order valence-electron chi connectivity index (χ2n) is 4.21. The lowest BCUT2D eigenvalue weighted by atomic mass is 10.1. The first kappa shape index (κ1) is 13.7. The number of rotatable bonds is 4. The zero-order chi connectivity index (χ0) is 14.2. The van der Waals surface area contributed by atoms with Crippen molar-refractivity contribution < 1.29 is 4.79 Å². The first-order chi connectivity index (χ1) is 9.75. The maximum atomic E-state index is 11.7. The summed E-state index contributed by atoms with van der Waals surface area (Å²) in [4.78, 5) is 15.6. The Morgan fingerprint density at radius 3 is 2.60 bits per heavy atom. The number of amides is 1. The Bertz CT molecular complexity index is 619. The van der Waals surface area contributed by atoms with Crippen molar-refractivity contribution in [1.29, 1.82) is 0 Å². The molecule has 1 N–H and O–H groups in total. The fraction of sp³-hybridized carbons (Fsp3) is 0.0625. The quantitative estimate of drug-likeness (QED) is 0.682. The van der Waals surface area contributed by atoms with Crippen molar-refractivity contribution in [3.05, 3.63) is 71.6 Å². The molecule has 0 bridgehead atoms. The van der Waals surface area contributed by atoms with Crippen LogP contribution in [-0.2, 0) is 0 Å². The Morgan fingerprint density at radius 2 is 1.90 bits per heavy atom. The molecule has 100 valence electrons. The van der Waals surface area contributed by atoms with Gasteiger partial charge in [-0.2, -0.15) is 5.10 Å². The SMILES string of the molecule is CC(/C=N\NC(=O)c1ccccn1)=C/c1ccccc1. The zero-order valence-corrected chi connectivity index (χ0v) is 11.2. The van der Waals surface area contributed by atoms with Gasteiger partial charge in [-0.3, -0.25) is 9.78 Å². The van der Waals surface area contributed by atoms with E-state index in [1.54, 1.807) is 30.6 Å². The molecular formula is C16H15N3O. The molecule has 4 nitrogen and oxygen atoms in total. The predicted octanol–water partition coefficient (Wildman–Crippen LogP) is 2.90. The first-order valence-electron chi connectivity index (χ1n) is 6.23. The van der Waals surface area contributed by atoms with Crippen LogP contribution in [0.15, 0.2) is 65.4 Å². The summed E-state index contributed by atoms with van der Waals surface area (Å²) in [6.07, 6.45) is 5.16. The van der Waals surface area contributed by atoms with Crippen LogP contribution in [0.1, 0.15) is 23.0 Å². The molecule has 0 radical (unpaired) electrons. The van der Waals surface area contributed by atoms with E-state index in [0.29, 0.717) is 5.69 Å². The number of nitrogens with zero attached hydrogens (tertiary/aromatic N) is 2. The largest absolute Gasteiger partial charge is 0.289 e. The number of carbonyl (C=O) groups is 1. The molecule has 0 aliphatic heterocycles. The second kappa shape index (κ2) is 6.99. The number of carbonyl (C=O) groups excluding carboxylic acids is 1. The second-order valence-corrected chi connectivity index (χ2v) is 4.21. The molecule has 0 saturated heterocycles. The van der Waals surface area contributed by atoms with Gasteiger partial charge in [-0.1, -0.05) is 42.5 Å². The average molecular weight is 265 g/mol. The van der Waals surface area contributed by atoms with Gasteiger partial charge < -0.3 is 0 Å². The highest BCUT2D eigenvalue weighted by atomic mass is 16.2. The number of hydrogen-bond acceptors (Lipinski definition) is 3. The highest BCUT2D eigenvalue weighted by Gasteiger charge is 2.03. The normalized spacial score (nSPS) is 11.6. The molecule has 1 aromatic heterocycles. The Kier molecular flexibility index (Phi) is 4.78. The third kappa shape index (κ3) is 4.17. The smallest absolute Gasteiger partial charge is 0.266 e. The summed E-state index contributed by atoms with van der Waals surface area (Å²) in [5.41, 5.74) is 4.82. The van der Waals surface area contributed by atoms with Crippen LogP contribution in [0, 0.1) is 0 Å². The van der Waals surface area contributed by atoms with Crippen molar-refractivity contribution >= 4 is 18.2 Å². The Balaban J connectivity index is 1.94. The molecule has 4 heteroatoms. The molecule has 0 saturated carbocycles. The van der Waals surface area contributed by atoms with Crippen LogP contribution in [0.5, 0.6) is 0 Å². The molecule has 0 atom stereocenters. The molecule has 2 aromatic rings. The van der Waals surface area contributed by atoms with Gasteiger partial charge in [-0.05, 0) is 30.2 Å². The van der Waals surface area contributed by atoms with E-state index in [-0.39, 0.29) is 5.91 Å². The molecule has 1 heterocycles. The van der Waals surface area contributed by atoms with Gasteiger partial charge in [0.15, 0.2) is 0 Å². The molecule has 0 fully saturated rings. The van der Waals surface area contributed by atoms with Crippen molar-refractivity contribution in [2.75, 3.05) is 0 Å². The van der Waals surface area contributed by atoms with Crippen LogP contribution in [0.2, 0.25) is 0 Å². The highest BCUT2D eigenvalue weighted by molar-refractivity contribution is 5.93. The lowest BCUT2D eigenvalue weighted by Crippen LogP contribution is -2.18. The minimum atomic E-state index is -0.325. The van der Waals surface area contributed by atoms with Crippen molar-refractivity contribution in [2.45, 2.75) is 6.92 Å². The van der Waals surface area contributed by atoms with Gasteiger partial charge in [0.25, 0.3) is 5.91 Å². The maximum absolute atomic E-state index is 11.7. The number of allylic oxidation sites excluding steroid dienone is 1. The number of pyridine rings is 1. The fourth-order valence-electron chi connectivity index (χ4n) is 1.60. The highest BCUT2D eigenvalue weighted by Crippen LogP contribution is 2.04. The number of nitrogens with one attached hydrogen (secondary N) is 1. The number of hydrogen-bond donors (Lipinski definition) is 1. The molecular weight excluding hydrogens is 250 g/mol. The summed E-state index contributed by atoms with van der Waals surface area (Å²) in [6.45, 7) is 1.92. The van der Waals surface area contributed by atoms with Crippen molar-refractivity contribution in [3.8, 4) is 0 Å². The van der Waals surface area contributed by atoms with Crippen molar-refractivity contribution in [3.63, 3.8) is 0 Å². The molecule has 0 aliphatic carbocycles. The molecule has 0 spiro atoms. The summed E-state index contributed by atoms with van der Waals surface area (Å²) < 4.78 is 0. The topological polar surface area (TPSA) is 54.4 Å². The molecule has 1 amide bonds. The molecule has 0 aliphatic rings. The Labute approximate surface area is 117 Å². The fourth-order valence-corrected chi connectivity index (χ4v) is 1.60. The summed E-state index contributed by atoms with van der Waals surface area (Å²) in [5, 5.41) is 3.91. The van der Waals surface area contributed by atoms with E-state index in [1.165, 1.54) is 0 Å². The third-order valence-electron chi connectivity index (χ3n) is 2.53. The van der Waals surface area contributed by atoms with Crippen molar-refractivity contribution in [2.24, 2.45) is 5.10 Å². The van der Waals surface area contributed by atoms with Crippen LogP contribution < -0.4 is 5.43 Å². The van der Waals surface area contributed by atoms with Gasteiger partial charge in [0.1, 0.15) is 5.69 Å². The van der Waals surface area contributed by atoms with Crippen LogP contribution >= 0.6 is 0 Å². The van der Waals surface area contributed by atoms with Crippen molar-refractivity contribution in [1.82, 2.24) is 10.4 Å². The Morgan fingerprint density at radius 1 is 1.15 bits per heavy atom. The average Bonchev–Trinajstić information content (AvgIpc) is 2.49. The van der Waals surface area contributed by atoms with E-state index < -0.39 is 0 Å². The molecule has 20 heavy (non-hydrogen) atoms. The monoisotopic (exact) mass is 265 g/mol. The van der Waals surface area contributed by atoms with Crippen LogP contribution in [0.3, 0.4) is 0 Å². The summed E-state index contributed by atoms with van der Waals surface area (Å²) in [5.74, 6) is -0.325. The summed E-state index contributed by atoms with van der Waals surface area (Å²) >= 11 is 0. The number of aromatic nitrogens is 1. The van der Waals surface area contributed by atoms with Crippen LogP contribution in [0.4, 0.5) is 0 Å². The van der Waals surface area contributed by atoms with E-state index >= 15 is 0 Å². The minimum absolute atomic E-state index is 0.325. The van der Waals surface area contributed by atoms with Crippen LogP contribution in [0.25, 0.3) is 6.08 Å². The predicted molar refractivity (Wildman–Crippen MR) is 80.3 cm³/mol. The van der Waals surface area contributed by atoms with Gasteiger partial charge in [0, 0.05) is 6.20 Å². The lowest BCUT2D eigenvalue weighted by molar-refractivity contribution is 0.0950. The van der Waals surface area contributed by atoms with Gasteiger partial charge in [-0.15, -0.1) is 0 Å². The van der Waals surface area contributed by atoms with Gasteiger partial charge in [-0.25, -0.2) is 5.43 Å². The number of hydrazone groups is 1. The number of benzene rings is 1. The van der Waals surface area contributed by atoms with E-state index in [0.717, 1.165) is 11.1 Å². The van der Waals surface area contributed by atoms with E-state index in [4.69, 9.17) is 0 Å². The van der Waals surface area contributed by atoms with E-state index in [1.807, 2.05) is 43.3 Å². The zero-order valence-electron chi connectivity index (χ0n) is 11.2. The Hall–Kier alpha value is -2.75. The molecule has 2 rings (SSSR count). The first-order valence-corrected chi connectivity index (χ1v) is 6.23. The standard InChI is InChI=1S/C16H15N3O/c1-13(11-14-7-3-2-4-8-14)12-18-19-16(20)15-9-5-6-10-17-15/h2-12H,1H3,(H,19,20)/b13-11-,18-12-. The third-order valence-corrected chi connectivity index (χ3v) is 2.53. The van der Waals surface area contributed by atoms with E-state index in [2.05, 4.69) is 15.5 Å². The van der Waals surface area contributed by atoms with Gasteiger partial charge in [0.2, 0.25) is 0 Å². The van der Waals surface area contributed by atoms with E-state index in [9.17, 15) is 4.79 Å². The minimum Gasteiger partial charge on any atom is -0.266 e. The maximum Gasteiger partial charge on any atom is 0.289 e. The molecule has 0 unspecified atom stereocenters.